The second-order valence-electron chi connectivity index (χ2n) is 6.24. The largest absolute Gasteiger partial charge is 0.497 e. The van der Waals surface area contributed by atoms with E-state index in [-0.39, 0.29) is 6.61 Å². The first-order valence-corrected chi connectivity index (χ1v) is 9.44. The van der Waals surface area contributed by atoms with Gasteiger partial charge in [0.15, 0.2) is 0 Å². The zero-order valence-electron chi connectivity index (χ0n) is 16.7. The van der Waals surface area contributed by atoms with Crippen LogP contribution < -0.4 is 20.1 Å². The van der Waals surface area contributed by atoms with Crippen LogP contribution in [0.2, 0.25) is 0 Å². The van der Waals surface area contributed by atoms with Crippen LogP contribution in [-0.4, -0.2) is 32.3 Å². The fourth-order valence-electron chi connectivity index (χ4n) is 3.22. The molecule has 0 radical (unpaired) electrons. The minimum absolute atomic E-state index is 0.214. The van der Waals surface area contributed by atoms with Crippen molar-refractivity contribution in [1.29, 1.82) is 0 Å². The lowest BCUT2D eigenvalue weighted by molar-refractivity contribution is -0.138. The number of hydrogen-bond donors (Lipinski definition) is 2. The van der Waals surface area contributed by atoms with E-state index in [9.17, 15) is 9.59 Å². The van der Waals surface area contributed by atoms with Crippen molar-refractivity contribution in [3.8, 4) is 11.5 Å². The molecule has 0 bridgehead atoms. The van der Waals surface area contributed by atoms with Crippen molar-refractivity contribution >= 4 is 17.7 Å². The summed E-state index contributed by atoms with van der Waals surface area (Å²) in [6.07, 6.45) is 0. The second-order valence-corrected chi connectivity index (χ2v) is 6.24. The molecule has 29 heavy (non-hydrogen) atoms. The van der Waals surface area contributed by atoms with Crippen LogP contribution >= 0.6 is 0 Å². The Bertz CT molecular complexity index is 921. The predicted octanol–water partition coefficient (Wildman–Crippen LogP) is 3.42. The van der Waals surface area contributed by atoms with E-state index in [4.69, 9.17) is 14.2 Å². The van der Waals surface area contributed by atoms with Crippen LogP contribution in [0, 0.1) is 0 Å². The highest BCUT2D eigenvalue weighted by atomic mass is 16.5. The molecule has 7 heteroatoms. The number of para-hydroxylation sites is 1. The topological polar surface area (TPSA) is 85.9 Å². The number of amides is 2. The molecule has 2 N–H and O–H groups in total. The number of benzene rings is 2. The van der Waals surface area contributed by atoms with Crippen LogP contribution in [0.5, 0.6) is 11.5 Å². The minimum Gasteiger partial charge on any atom is -0.497 e. The van der Waals surface area contributed by atoms with Crippen molar-refractivity contribution in [2.24, 2.45) is 0 Å². The zero-order chi connectivity index (χ0) is 20.8. The van der Waals surface area contributed by atoms with Crippen LogP contribution in [0.3, 0.4) is 0 Å². The second kappa shape index (κ2) is 9.14. The molecule has 0 fully saturated rings. The van der Waals surface area contributed by atoms with Crippen LogP contribution in [0.25, 0.3) is 5.70 Å². The Morgan fingerprint density at radius 3 is 2.41 bits per heavy atom. The van der Waals surface area contributed by atoms with E-state index >= 15 is 0 Å². The van der Waals surface area contributed by atoms with E-state index in [1.54, 1.807) is 38.3 Å². The smallest absolute Gasteiger partial charge is 0.338 e. The number of methoxy groups -OCH3 is 1. The van der Waals surface area contributed by atoms with E-state index in [1.165, 1.54) is 0 Å². The Hall–Kier alpha value is -3.48. The third-order valence-corrected chi connectivity index (χ3v) is 4.48. The fraction of sp³-hybridized carbons (Fsp3) is 0.273. The highest BCUT2D eigenvalue weighted by Crippen LogP contribution is 2.36. The Morgan fingerprint density at radius 2 is 1.76 bits per heavy atom. The number of nitrogens with one attached hydrogen (secondary N) is 2. The van der Waals surface area contributed by atoms with Crippen molar-refractivity contribution in [2.45, 2.75) is 19.9 Å². The Labute approximate surface area is 169 Å². The maximum Gasteiger partial charge on any atom is 0.338 e. The van der Waals surface area contributed by atoms with Crippen LogP contribution in [0.4, 0.5) is 4.79 Å². The molecule has 1 aliphatic rings. The summed E-state index contributed by atoms with van der Waals surface area (Å²) in [7, 11) is 1.57. The predicted molar refractivity (Wildman–Crippen MR) is 109 cm³/mol. The van der Waals surface area contributed by atoms with Gasteiger partial charge in [-0.15, -0.1) is 0 Å². The molecular weight excluding hydrogens is 372 g/mol. The molecule has 2 aromatic carbocycles. The molecule has 1 unspecified atom stereocenters. The molecule has 152 valence electrons. The standard InChI is InChI=1S/C22H24N2O5/c1-4-28-17-9-7-6-8-16(17)20-18(21(25)29-5-2)19(23-22(26)24-20)14-10-12-15(27-3)13-11-14/h6-13,20H,4-5H2,1-3H3,(H2,23,24,26). The monoisotopic (exact) mass is 396 g/mol. The van der Waals surface area contributed by atoms with Crippen molar-refractivity contribution in [3.63, 3.8) is 0 Å². The summed E-state index contributed by atoms with van der Waals surface area (Å²) < 4.78 is 16.2. The van der Waals surface area contributed by atoms with Gasteiger partial charge in [-0.3, -0.25) is 0 Å². The molecule has 0 spiro atoms. The van der Waals surface area contributed by atoms with Gasteiger partial charge in [0.2, 0.25) is 0 Å². The highest BCUT2D eigenvalue weighted by Gasteiger charge is 2.35. The first kappa shape index (κ1) is 20.3. The Balaban J connectivity index is 2.18. The van der Waals surface area contributed by atoms with Gasteiger partial charge in [0.25, 0.3) is 0 Å². The van der Waals surface area contributed by atoms with Crippen molar-refractivity contribution in [1.82, 2.24) is 10.6 Å². The lowest BCUT2D eigenvalue weighted by Crippen LogP contribution is -2.45. The summed E-state index contributed by atoms with van der Waals surface area (Å²) in [6.45, 7) is 4.29. The molecular formula is C22H24N2O5. The van der Waals surface area contributed by atoms with Gasteiger partial charge in [-0.25, -0.2) is 9.59 Å². The van der Waals surface area contributed by atoms with Gasteiger partial charge in [0, 0.05) is 5.56 Å². The van der Waals surface area contributed by atoms with Gasteiger partial charge >= 0.3 is 12.0 Å². The molecule has 0 saturated carbocycles. The number of carbonyl (C=O) groups is 2. The maximum atomic E-state index is 12.9. The number of carbonyl (C=O) groups excluding carboxylic acids is 2. The summed E-state index contributed by atoms with van der Waals surface area (Å²) in [5.41, 5.74) is 2.05. The molecule has 2 aromatic rings. The first-order chi connectivity index (χ1) is 14.1. The molecule has 1 atom stereocenters. The van der Waals surface area contributed by atoms with E-state index in [0.717, 1.165) is 0 Å². The van der Waals surface area contributed by atoms with Crippen LogP contribution in [-0.2, 0) is 9.53 Å². The molecule has 0 aromatic heterocycles. The van der Waals surface area contributed by atoms with E-state index in [2.05, 4.69) is 10.6 Å². The zero-order valence-corrected chi connectivity index (χ0v) is 16.7. The lowest BCUT2D eigenvalue weighted by Gasteiger charge is -2.30. The molecule has 1 aliphatic heterocycles. The summed E-state index contributed by atoms with van der Waals surface area (Å²) in [6, 6.07) is 13.3. The molecule has 0 aliphatic carbocycles. The van der Waals surface area contributed by atoms with E-state index < -0.39 is 18.0 Å². The summed E-state index contributed by atoms with van der Waals surface area (Å²) in [5, 5.41) is 5.59. The molecule has 3 rings (SSSR count). The number of esters is 1. The lowest BCUT2D eigenvalue weighted by atomic mass is 9.92. The van der Waals surface area contributed by atoms with Crippen LogP contribution in [0.1, 0.15) is 31.0 Å². The van der Waals surface area contributed by atoms with Gasteiger partial charge in [0.1, 0.15) is 11.5 Å². The molecule has 2 amide bonds. The van der Waals surface area contributed by atoms with Gasteiger partial charge in [0.05, 0.1) is 37.6 Å². The summed E-state index contributed by atoms with van der Waals surface area (Å²) in [4.78, 5) is 25.4. The average Bonchev–Trinajstić information content (AvgIpc) is 2.74. The third kappa shape index (κ3) is 4.34. The quantitative estimate of drug-likeness (QED) is 0.701. The number of rotatable bonds is 7. The number of urea groups is 1. The highest BCUT2D eigenvalue weighted by molar-refractivity contribution is 6.04. The first-order valence-electron chi connectivity index (χ1n) is 9.44. The van der Waals surface area contributed by atoms with E-state index in [0.29, 0.717) is 40.5 Å². The number of ether oxygens (including phenoxy) is 3. The molecule has 7 nitrogen and oxygen atoms in total. The third-order valence-electron chi connectivity index (χ3n) is 4.48. The molecule has 1 heterocycles. The summed E-state index contributed by atoms with van der Waals surface area (Å²) >= 11 is 0. The maximum absolute atomic E-state index is 12.9. The number of hydrogen-bond acceptors (Lipinski definition) is 5. The van der Waals surface area contributed by atoms with Crippen molar-refractivity contribution < 1.29 is 23.8 Å². The SMILES string of the molecule is CCOC(=O)C1=C(c2ccc(OC)cc2)NC(=O)NC1c1ccccc1OCC. The van der Waals surface area contributed by atoms with Crippen molar-refractivity contribution in [3.05, 3.63) is 65.2 Å². The Kier molecular flexibility index (Phi) is 6.39. The Morgan fingerprint density at radius 1 is 1.03 bits per heavy atom. The average molecular weight is 396 g/mol. The fourth-order valence-corrected chi connectivity index (χ4v) is 3.22. The normalized spacial score (nSPS) is 16.0. The summed E-state index contributed by atoms with van der Waals surface area (Å²) in [5.74, 6) is 0.755. The van der Waals surface area contributed by atoms with Gasteiger partial charge in [-0.2, -0.15) is 0 Å². The van der Waals surface area contributed by atoms with Gasteiger partial charge in [-0.05, 0) is 49.7 Å². The van der Waals surface area contributed by atoms with Gasteiger partial charge in [-0.1, -0.05) is 18.2 Å². The van der Waals surface area contributed by atoms with Crippen LogP contribution in [0.15, 0.2) is 54.1 Å². The minimum atomic E-state index is -0.720. The van der Waals surface area contributed by atoms with E-state index in [1.807, 2.05) is 31.2 Å². The van der Waals surface area contributed by atoms with Crippen molar-refractivity contribution in [2.75, 3.05) is 20.3 Å². The van der Waals surface area contributed by atoms with Gasteiger partial charge < -0.3 is 24.8 Å². The molecule has 0 saturated heterocycles.